The molecule has 0 unspecified atom stereocenters. The van der Waals surface area contributed by atoms with Gasteiger partial charge in [-0.05, 0) is 49.4 Å². The molecule has 0 aliphatic heterocycles. The highest BCUT2D eigenvalue weighted by molar-refractivity contribution is 7.92. The second-order valence-corrected chi connectivity index (χ2v) is 9.81. The van der Waals surface area contributed by atoms with Gasteiger partial charge in [0.15, 0.2) is 0 Å². The van der Waals surface area contributed by atoms with E-state index >= 15 is 0 Å². The number of furan rings is 1. The highest BCUT2D eigenvalue weighted by Gasteiger charge is 2.23. The van der Waals surface area contributed by atoms with Gasteiger partial charge in [-0.2, -0.15) is 0 Å². The average molecular weight is 510 g/mol. The van der Waals surface area contributed by atoms with Crippen LogP contribution >= 0.6 is 0 Å². The van der Waals surface area contributed by atoms with Crippen LogP contribution in [0.5, 0.6) is 0 Å². The predicted octanol–water partition coefficient (Wildman–Crippen LogP) is 3.00. The minimum absolute atomic E-state index is 0.0431. The Hall–Kier alpha value is -4.09. The van der Waals surface area contributed by atoms with E-state index in [-0.39, 0.29) is 22.9 Å². The Labute approximate surface area is 208 Å². The van der Waals surface area contributed by atoms with Crippen LogP contribution in [0.3, 0.4) is 0 Å². The van der Waals surface area contributed by atoms with Gasteiger partial charge in [0, 0.05) is 25.7 Å². The van der Waals surface area contributed by atoms with E-state index < -0.39 is 15.6 Å². The molecule has 188 valence electrons. The zero-order chi connectivity index (χ0) is 25.7. The molecule has 0 spiro atoms. The highest BCUT2D eigenvalue weighted by atomic mass is 32.2. The van der Waals surface area contributed by atoms with E-state index in [0.29, 0.717) is 30.2 Å². The largest absolute Gasteiger partial charge is 0.468 e. The quantitative estimate of drug-likeness (QED) is 0.282. The number of hydrogen-bond donors (Lipinski definition) is 3. The number of nitrogens with zero attached hydrogens (tertiary/aromatic N) is 2. The summed E-state index contributed by atoms with van der Waals surface area (Å²) in [5, 5.41) is 5.81. The van der Waals surface area contributed by atoms with E-state index in [1.165, 1.54) is 22.9 Å². The lowest BCUT2D eigenvalue weighted by molar-refractivity contribution is -0.116. The van der Waals surface area contributed by atoms with Crippen molar-refractivity contribution in [1.82, 2.24) is 14.7 Å². The summed E-state index contributed by atoms with van der Waals surface area (Å²) in [4.78, 5) is 25.3. The number of sulfonamides is 1. The van der Waals surface area contributed by atoms with E-state index in [1.54, 1.807) is 61.3 Å². The van der Waals surface area contributed by atoms with E-state index in [4.69, 9.17) is 4.42 Å². The van der Waals surface area contributed by atoms with Gasteiger partial charge in [-0.15, -0.1) is 0 Å². The molecule has 11 heteroatoms. The van der Waals surface area contributed by atoms with Crippen molar-refractivity contribution in [3.8, 4) is 5.69 Å². The van der Waals surface area contributed by atoms with Gasteiger partial charge in [-0.25, -0.2) is 13.1 Å². The minimum atomic E-state index is -4.10. The monoisotopic (exact) mass is 509 g/mol. The Kier molecular flexibility index (Phi) is 7.41. The fourth-order valence-electron chi connectivity index (χ4n) is 3.67. The van der Waals surface area contributed by atoms with Crippen LogP contribution in [0.15, 0.2) is 87.1 Å². The molecule has 2 aromatic heterocycles. The second-order valence-electron chi connectivity index (χ2n) is 8.12. The Morgan fingerprint density at radius 2 is 1.81 bits per heavy atom. The van der Waals surface area contributed by atoms with Crippen LogP contribution in [-0.2, 0) is 28.4 Å². The molecule has 0 atom stereocenters. The number of carbonyl (C=O) groups is 1. The number of benzene rings is 2. The fourth-order valence-corrected chi connectivity index (χ4v) is 4.83. The molecule has 1 amide bonds. The van der Waals surface area contributed by atoms with Gasteiger partial charge >= 0.3 is 0 Å². The summed E-state index contributed by atoms with van der Waals surface area (Å²) in [7, 11) is -2.42. The molecular formula is C25H27N5O5S. The first-order chi connectivity index (χ1) is 17.3. The van der Waals surface area contributed by atoms with Gasteiger partial charge < -0.3 is 15.1 Å². The molecule has 4 rings (SSSR count). The first-order valence-electron chi connectivity index (χ1n) is 11.3. The summed E-state index contributed by atoms with van der Waals surface area (Å²) in [6.07, 6.45) is 1.77. The number of anilines is 2. The summed E-state index contributed by atoms with van der Waals surface area (Å²) < 4.78 is 36.9. The first-order valence-corrected chi connectivity index (χ1v) is 12.7. The number of rotatable bonds is 10. The topological polar surface area (TPSA) is 127 Å². The molecule has 0 radical (unpaired) electrons. The zero-order valence-electron chi connectivity index (χ0n) is 19.9. The SMILES string of the molecule is Cc1c(NS(=O)(=O)c2cccc(NC(=O)CCNCc3ccco3)c2)c(=O)n(-c2ccccc2)n1C. The molecule has 10 nitrogen and oxygen atoms in total. The number of para-hydroxylation sites is 1. The van der Waals surface area contributed by atoms with Crippen LogP contribution in [0, 0.1) is 6.92 Å². The van der Waals surface area contributed by atoms with Crippen LogP contribution < -0.4 is 20.9 Å². The summed E-state index contributed by atoms with van der Waals surface area (Å²) >= 11 is 0. The smallest absolute Gasteiger partial charge is 0.296 e. The normalized spacial score (nSPS) is 11.4. The molecule has 0 bridgehead atoms. The van der Waals surface area contributed by atoms with Crippen LogP contribution in [0.1, 0.15) is 17.9 Å². The Bertz CT molecular complexity index is 1510. The van der Waals surface area contributed by atoms with Crippen molar-refractivity contribution in [3.05, 3.63) is 94.8 Å². The molecule has 0 aliphatic rings. The van der Waals surface area contributed by atoms with Gasteiger partial charge in [0.1, 0.15) is 11.4 Å². The van der Waals surface area contributed by atoms with E-state index in [1.807, 2.05) is 12.1 Å². The van der Waals surface area contributed by atoms with Crippen molar-refractivity contribution in [2.45, 2.75) is 24.8 Å². The molecule has 0 aliphatic carbocycles. The van der Waals surface area contributed by atoms with Crippen LogP contribution in [-0.4, -0.2) is 30.2 Å². The Morgan fingerprint density at radius 3 is 2.53 bits per heavy atom. The van der Waals surface area contributed by atoms with Crippen molar-refractivity contribution in [1.29, 1.82) is 0 Å². The predicted molar refractivity (Wildman–Crippen MR) is 137 cm³/mol. The lowest BCUT2D eigenvalue weighted by Crippen LogP contribution is -2.23. The van der Waals surface area contributed by atoms with Crippen LogP contribution in [0.2, 0.25) is 0 Å². The van der Waals surface area contributed by atoms with E-state index in [2.05, 4.69) is 15.4 Å². The third-order valence-electron chi connectivity index (χ3n) is 5.63. The molecule has 2 aromatic carbocycles. The van der Waals surface area contributed by atoms with Crippen molar-refractivity contribution >= 4 is 27.3 Å². The van der Waals surface area contributed by atoms with Crippen molar-refractivity contribution in [2.24, 2.45) is 7.05 Å². The summed E-state index contributed by atoms with van der Waals surface area (Å²) in [6.45, 7) is 2.59. The number of aromatic nitrogens is 2. The van der Waals surface area contributed by atoms with Crippen molar-refractivity contribution < 1.29 is 17.6 Å². The maximum atomic E-state index is 13.1. The molecule has 0 saturated heterocycles. The lowest BCUT2D eigenvalue weighted by Gasteiger charge is -2.10. The number of amides is 1. The molecule has 0 saturated carbocycles. The summed E-state index contributed by atoms with van der Waals surface area (Å²) in [6, 6.07) is 18.4. The third kappa shape index (κ3) is 5.58. The molecule has 4 aromatic rings. The van der Waals surface area contributed by atoms with Gasteiger partial charge in [0.05, 0.1) is 29.1 Å². The highest BCUT2D eigenvalue weighted by Crippen LogP contribution is 2.21. The number of hydrogen-bond acceptors (Lipinski definition) is 6. The zero-order valence-corrected chi connectivity index (χ0v) is 20.7. The van der Waals surface area contributed by atoms with Gasteiger partial charge in [-0.3, -0.25) is 19.0 Å². The standard InChI is InChI=1S/C25H27N5O5S/c1-18-24(25(32)30(29(18)2)20-9-4-3-5-10-20)28-36(33,34)22-12-6-8-19(16-22)27-23(31)13-14-26-17-21-11-7-15-35-21/h3-12,15-16,26,28H,13-14,17H2,1-2H3,(H,27,31). The maximum Gasteiger partial charge on any atom is 0.296 e. The van der Waals surface area contributed by atoms with E-state index in [9.17, 15) is 18.0 Å². The maximum absolute atomic E-state index is 13.1. The summed E-state index contributed by atoms with van der Waals surface area (Å²) in [5.74, 6) is 0.499. The average Bonchev–Trinajstić information content (AvgIpc) is 3.45. The van der Waals surface area contributed by atoms with Crippen LogP contribution in [0.4, 0.5) is 11.4 Å². The third-order valence-corrected chi connectivity index (χ3v) is 6.97. The molecule has 2 heterocycles. The lowest BCUT2D eigenvalue weighted by atomic mass is 10.3. The van der Waals surface area contributed by atoms with Gasteiger partial charge in [0.2, 0.25) is 5.91 Å². The minimum Gasteiger partial charge on any atom is -0.468 e. The fraction of sp³-hybridized carbons (Fsp3) is 0.200. The molecule has 0 fully saturated rings. The summed E-state index contributed by atoms with van der Waals surface area (Å²) in [5.41, 5.74) is 0.871. The first kappa shape index (κ1) is 25.0. The Balaban J connectivity index is 1.45. The van der Waals surface area contributed by atoms with E-state index in [0.717, 1.165) is 5.76 Å². The molecule has 36 heavy (non-hydrogen) atoms. The van der Waals surface area contributed by atoms with Crippen LogP contribution in [0.25, 0.3) is 5.69 Å². The Morgan fingerprint density at radius 1 is 1.03 bits per heavy atom. The van der Waals surface area contributed by atoms with Crippen molar-refractivity contribution in [3.63, 3.8) is 0 Å². The number of nitrogens with one attached hydrogen (secondary N) is 3. The molecule has 3 N–H and O–H groups in total. The van der Waals surface area contributed by atoms with Crippen molar-refractivity contribution in [2.75, 3.05) is 16.6 Å². The van der Waals surface area contributed by atoms with Gasteiger partial charge in [-0.1, -0.05) is 24.3 Å². The molecular weight excluding hydrogens is 482 g/mol. The van der Waals surface area contributed by atoms with Gasteiger partial charge in [0.25, 0.3) is 15.6 Å². The number of carbonyl (C=O) groups excluding carboxylic acids is 1. The second kappa shape index (κ2) is 10.7.